The van der Waals surface area contributed by atoms with Crippen molar-refractivity contribution >= 4 is 6.41 Å². The van der Waals surface area contributed by atoms with Gasteiger partial charge < -0.3 is 15.0 Å². The molecule has 0 fully saturated rings. The second kappa shape index (κ2) is 14.8. The van der Waals surface area contributed by atoms with Crippen LogP contribution in [0.3, 0.4) is 0 Å². The predicted molar refractivity (Wildman–Crippen MR) is 109 cm³/mol. The lowest BCUT2D eigenvalue weighted by atomic mass is 9.89. The summed E-state index contributed by atoms with van der Waals surface area (Å²) in [4.78, 5) is 10.9. The molecule has 0 bridgehead atoms. The van der Waals surface area contributed by atoms with Crippen molar-refractivity contribution in [1.29, 1.82) is 0 Å². The van der Waals surface area contributed by atoms with E-state index in [4.69, 9.17) is 4.74 Å². The number of amides is 1. The van der Waals surface area contributed by atoms with E-state index in [-0.39, 0.29) is 6.10 Å². The zero-order valence-corrected chi connectivity index (χ0v) is 17.8. The predicted octanol–water partition coefficient (Wildman–Crippen LogP) is 4.38. The molecule has 0 unspecified atom stereocenters. The van der Waals surface area contributed by atoms with Crippen LogP contribution in [-0.2, 0) is 11.2 Å². The van der Waals surface area contributed by atoms with Crippen LogP contribution >= 0.6 is 0 Å². The van der Waals surface area contributed by atoms with Crippen molar-refractivity contribution in [3.8, 4) is 5.75 Å². The minimum atomic E-state index is 0.248. The van der Waals surface area contributed by atoms with Crippen molar-refractivity contribution in [3.63, 3.8) is 0 Å². The monoisotopic (exact) mass is 352 g/mol. The zero-order chi connectivity index (χ0) is 19.9. The van der Waals surface area contributed by atoms with Gasteiger partial charge in [-0.1, -0.05) is 39.8 Å². The van der Waals surface area contributed by atoms with Gasteiger partial charge in [-0.15, -0.1) is 0 Å². The minimum absolute atomic E-state index is 0.248. The van der Waals surface area contributed by atoms with E-state index >= 15 is 0 Å². The van der Waals surface area contributed by atoms with Gasteiger partial charge in [-0.25, -0.2) is 0 Å². The first-order chi connectivity index (χ1) is 11.6. The van der Waals surface area contributed by atoms with Crippen molar-refractivity contribution in [2.24, 2.45) is 5.41 Å². The highest BCUT2D eigenvalue weighted by Gasteiger charge is 2.10. The fraction of sp³-hybridized carbons (Fsp3) is 0.667. The molecule has 1 amide bonds. The first kappa shape index (κ1) is 25.7. The number of hydrogen-bond donors (Lipinski definition) is 1. The van der Waals surface area contributed by atoms with Crippen molar-refractivity contribution in [3.05, 3.63) is 29.8 Å². The maximum absolute atomic E-state index is 9.43. The van der Waals surface area contributed by atoms with Gasteiger partial charge in [-0.2, -0.15) is 0 Å². The molecule has 146 valence electrons. The van der Waals surface area contributed by atoms with E-state index < -0.39 is 0 Å². The average Bonchev–Trinajstić information content (AvgIpc) is 2.53. The molecule has 0 aliphatic carbocycles. The molecule has 1 N–H and O–H groups in total. The van der Waals surface area contributed by atoms with Gasteiger partial charge in [-0.05, 0) is 63.4 Å². The summed E-state index contributed by atoms with van der Waals surface area (Å²) in [7, 11) is 5.31. The van der Waals surface area contributed by atoms with Gasteiger partial charge in [0.2, 0.25) is 6.41 Å². The maximum Gasteiger partial charge on any atom is 0.209 e. The smallest absolute Gasteiger partial charge is 0.209 e. The second-order valence-electron chi connectivity index (χ2n) is 7.65. The molecule has 4 nitrogen and oxygen atoms in total. The summed E-state index contributed by atoms with van der Waals surface area (Å²) in [6.07, 6.45) is 3.33. The number of nitrogens with zero attached hydrogens (tertiary/aromatic N) is 1. The van der Waals surface area contributed by atoms with E-state index in [1.54, 1.807) is 14.1 Å². The molecular weight excluding hydrogens is 312 g/mol. The summed E-state index contributed by atoms with van der Waals surface area (Å²) in [5, 5.41) is 2.93. The number of nitrogens with one attached hydrogen (secondary N) is 1. The van der Waals surface area contributed by atoms with E-state index in [1.807, 2.05) is 13.1 Å². The topological polar surface area (TPSA) is 41.6 Å². The maximum atomic E-state index is 9.43. The molecular formula is C21H40N2O2. The third-order valence-electron chi connectivity index (χ3n) is 3.00. The second-order valence-corrected chi connectivity index (χ2v) is 7.65. The highest BCUT2D eigenvalue weighted by Crippen LogP contribution is 2.23. The summed E-state index contributed by atoms with van der Waals surface area (Å²) >= 11 is 0. The van der Waals surface area contributed by atoms with Crippen LogP contribution in [0.4, 0.5) is 0 Å². The Bertz CT molecular complexity index is 436. The third kappa shape index (κ3) is 20.4. The van der Waals surface area contributed by atoms with Crippen molar-refractivity contribution < 1.29 is 9.53 Å². The van der Waals surface area contributed by atoms with Crippen LogP contribution in [0.1, 0.15) is 53.5 Å². The van der Waals surface area contributed by atoms with Crippen molar-refractivity contribution in [1.82, 2.24) is 10.2 Å². The van der Waals surface area contributed by atoms with Crippen LogP contribution < -0.4 is 10.1 Å². The normalized spacial score (nSPS) is 10.2. The Balaban J connectivity index is 0. The largest absolute Gasteiger partial charge is 0.491 e. The van der Waals surface area contributed by atoms with Crippen molar-refractivity contribution in [2.75, 3.05) is 27.7 Å². The number of hydrogen-bond acceptors (Lipinski definition) is 3. The van der Waals surface area contributed by atoms with Crippen LogP contribution in [0.15, 0.2) is 24.3 Å². The Hall–Kier alpha value is -1.55. The molecule has 0 saturated heterocycles. The lowest BCUT2D eigenvalue weighted by molar-refractivity contribution is -0.115. The number of rotatable bonds is 6. The molecule has 1 rings (SSSR count). The van der Waals surface area contributed by atoms with Gasteiger partial charge in [0, 0.05) is 14.1 Å². The summed E-state index contributed by atoms with van der Waals surface area (Å²) in [5.41, 5.74) is 1.77. The highest BCUT2D eigenvalue weighted by atomic mass is 16.5. The average molecular weight is 353 g/mol. The molecule has 0 saturated carbocycles. The van der Waals surface area contributed by atoms with Gasteiger partial charge in [0.1, 0.15) is 5.75 Å². The summed E-state index contributed by atoms with van der Waals surface area (Å²) in [5.74, 6) is 0.987. The Morgan fingerprint density at radius 1 is 1.24 bits per heavy atom. The molecule has 1 aromatic rings. The van der Waals surface area contributed by atoms with Gasteiger partial charge in [0.25, 0.3) is 0 Å². The molecule has 4 heteroatoms. The molecule has 0 aromatic heterocycles. The van der Waals surface area contributed by atoms with Crippen molar-refractivity contribution in [2.45, 2.75) is 60.5 Å². The number of ether oxygens (including phenoxy) is 1. The first-order valence-corrected chi connectivity index (χ1v) is 9.07. The highest BCUT2D eigenvalue weighted by molar-refractivity contribution is 5.45. The van der Waals surface area contributed by atoms with Gasteiger partial charge >= 0.3 is 0 Å². The van der Waals surface area contributed by atoms with Gasteiger partial charge in [0.05, 0.1) is 6.10 Å². The fourth-order valence-corrected chi connectivity index (χ4v) is 1.57. The molecule has 0 radical (unpaired) electrons. The fourth-order valence-electron chi connectivity index (χ4n) is 1.57. The molecule has 0 spiro atoms. The molecule has 0 atom stereocenters. The lowest BCUT2D eigenvalue weighted by Crippen LogP contribution is -2.07. The molecule has 0 heterocycles. The molecule has 0 aliphatic rings. The van der Waals surface area contributed by atoms with E-state index in [1.165, 1.54) is 16.9 Å². The first-order valence-electron chi connectivity index (χ1n) is 9.07. The minimum Gasteiger partial charge on any atom is -0.491 e. The van der Waals surface area contributed by atoms with E-state index in [2.05, 4.69) is 65.1 Å². The lowest BCUT2D eigenvalue weighted by Gasteiger charge is -2.18. The Labute approximate surface area is 156 Å². The molecule has 1 aromatic carbocycles. The van der Waals surface area contributed by atoms with Crippen LogP contribution in [0, 0.1) is 5.41 Å². The molecule has 0 aliphatic heterocycles. The summed E-state index contributed by atoms with van der Waals surface area (Å²) in [6, 6.07) is 8.45. The zero-order valence-electron chi connectivity index (χ0n) is 17.8. The summed E-state index contributed by atoms with van der Waals surface area (Å²) in [6.45, 7) is 14.1. The van der Waals surface area contributed by atoms with Gasteiger partial charge in [0.15, 0.2) is 0 Å². The Morgan fingerprint density at radius 2 is 1.76 bits per heavy atom. The third-order valence-corrected chi connectivity index (χ3v) is 3.00. The number of benzene rings is 1. The van der Waals surface area contributed by atoms with E-state index in [0.29, 0.717) is 5.41 Å². The van der Waals surface area contributed by atoms with E-state index in [9.17, 15) is 4.79 Å². The quantitative estimate of drug-likeness (QED) is 0.772. The molecule has 25 heavy (non-hydrogen) atoms. The van der Waals surface area contributed by atoms with Gasteiger partial charge in [-0.3, -0.25) is 4.79 Å². The van der Waals surface area contributed by atoms with Crippen LogP contribution in [0.25, 0.3) is 0 Å². The number of carbonyl (C=O) groups is 1. The van der Waals surface area contributed by atoms with Crippen LogP contribution in [0.2, 0.25) is 0 Å². The van der Waals surface area contributed by atoms with E-state index in [0.717, 1.165) is 25.1 Å². The van der Waals surface area contributed by atoms with Crippen LogP contribution in [-0.4, -0.2) is 45.1 Å². The number of carbonyl (C=O) groups excluding carboxylic acids is 1. The Morgan fingerprint density at radius 3 is 2.12 bits per heavy atom. The SMILES string of the molecule is CC(C)Oc1cccc(CCC(C)(C)C)c1.CCNC.CN(C)C=O. The number of aryl methyl sites for hydroxylation is 1. The standard InChI is InChI=1S/C15H24O.C3H7NO.C3H9N/c1-12(2)16-14-8-6-7-13(11-14)9-10-15(3,4)5;1-4(2)3-5;1-3-4-2/h6-8,11-12H,9-10H2,1-5H3;3H,1-2H3;4H,3H2,1-2H3. The summed E-state index contributed by atoms with van der Waals surface area (Å²) < 4.78 is 5.69. The Kier molecular flexibility index (Phi) is 15.2. The van der Waals surface area contributed by atoms with Crippen LogP contribution in [0.5, 0.6) is 5.75 Å².